The van der Waals surface area contributed by atoms with Crippen LogP contribution < -0.4 is 0 Å². The minimum atomic E-state index is -3.39. The number of rotatable bonds is 1. The van der Waals surface area contributed by atoms with E-state index < -0.39 is 16.5 Å². The molecule has 0 spiro atoms. The standard InChI is InChI=1S/C6H10F2OS/c1-5(2,3)6(7,8)4(9)10/h1-3H3,(H,9,10)/p-1. The molecule has 0 aliphatic rings. The molecule has 4 heteroatoms. The maximum atomic E-state index is 12.6. The highest BCUT2D eigenvalue weighted by Gasteiger charge is 2.43. The molecule has 0 aliphatic carbocycles. The van der Waals surface area contributed by atoms with E-state index in [-0.39, 0.29) is 0 Å². The molecule has 0 atom stereocenters. The highest BCUT2D eigenvalue weighted by Crippen LogP contribution is 2.35. The fourth-order valence-electron chi connectivity index (χ4n) is 0.306. The van der Waals surface area contributed by atoms with E-state index in [1.54, 1.807) is 0 Å². The second-order valence-electron chi connectivity index (χ2n) is 3.11. The molecule has 0 aromatic carbocycles. The zero-order chi connectivity index (χ0) is 8.58. The molecule has 0 radical (unpaired) electrons. The molecule has 0 rings (SSSR count). The lowest BCUT2D eigenvalue weighted by Gasteiger charge is -2.31. The van der Waals surface area contributed by atoms with Gasteiger partial charge in [-0.25, -0.2) is 0 Å². The Bertz CT molecular complexity index is 148. The van der Waals surface area contributed by atoms with Gasteiger partial charge in [0.2, 0.25) is 0 Å². The summed E-state index contributed by atoms with van der Waals surface area (Å²) >= 11 is 3.87. The molecule has 10 heavy (non-hydrogen) atoms. The van der Waals surface area contributed by atoms with Crippen LogP contribution in [0.1, 0.15) is 20.8 Å². The topological polar surface area (TPSA) is 17.1 Å². The van der Waals surface area contributed by atoms with E-state index in [2.05, 4.69) is 12.6 Å². The Morgan fingerprint density at radius 2 is 1.60 bits per heavy atom. The fraction of sp³-hybridized carbons (Fsp3) is 0.833. The third kappa shape index (κ3) is 1.62. The van der Waals surface area contributed by atoms with Crippen molar-refractivity contribution in [1.29, 1.82) is 0 Å². The van der Waals surface area contributed by atoms with Gasteiger partial charge in [-0.1, -0.05) is 20.8 Å². The van der Waals surface area contributed by atoms with Crippen molar-refractivity contribution in [3.8, 4) is 0 Å². The number of carbonyl (C=O) groups excluding carboxylic acids is 1. The van der Waals surface area contributed by atoms with Crippen LogP contribution in [0, 0.1) is 5.41 Å². The van der Waals surface area contributed by atoms with Gasteiger partial charge in [0.15, 0.2) is 0 Å². The first-order valence-corrected chi connectivity index (χ1v) is 3.19. The molecule has 0 aliphatic heterocycles. The van der Waals surface area contributed by atoms with Gasteiger partial charge in [0.1, 0.15) is 0 Å². The van der Waals surface area contributed by atoms with Gasteiger partial charge in [-0.3, -0.25) is 0 Å². The quantitative estimate of drug-likeness (QED) is 0.553. The van der Waals surface area contributed by atoms with Gasteiger partial charge in [0.25, 0.3) is 5.92 Å². The molecule has 0 saturated carbocycles. The van der Waals surface area contributed by atoms with E-state index in [9.17, 15) is 13.6 Å². The Balaban J connectivity index is 4.57. The summed E-state index contributed by atoms with van der Waals surface area (Å²) in [4.78, 5) is 10.2. The Morgan fingerprint density at radius 1 is 1.30 bits per heavy atom. The van der Waals surface area contributed by atoms with Crippen LogP contribution in [-0.2, 0) is 17.4 Å². The average Bonchev–Trinajstić information content (AvgIpc) is 1.62. The van der Waals surface area contributed by atoms with E-state index in [0.717, 1.165) is 0 Å². The summed E-state index contributed by atoms with van der Waals surface area (Å²) < 4.78 is 25.2. The van der Waals surface area contributed by atoms with Crippen LogP contribution in [0.15, 0.2) is 0 Å². The van der Waals surface area contributed by atoms with Crippen molar-refractivity contribution in [1.82, 2.24) is 0 Å². The Kier molecular flexibility index (Phi) is 2.36. The molecule has 0 N–H and O–H groups in total. The summed E-state index contributed by atoms with van der Waals surface area (Å²) in [7, 11) is 0. The second kappa shape index (κ2) is 2.42. The first kappa shape index (κ1) is 9.75. The lowest BCUT2D eigenvalue weighted by molar-refractivity contribution is -0.149. The zero-order valence-corrected chi connectivity index (χ0v) is 6.89. The Morgan fingerprint density at radius 3 is 1.60 bits per heavy atom. The summed E-state index contributed by atoms with van der Waals surface area (Å²) in [5, 5.41) is -1.49. The highest BCUT2D eigenvalue weighted by molar-refractivity contribution is 7.77. The van der Waals surface area contributed by atoms with Crippen molar-refractivity contribution in [2.45, 2.75) is 26.7 Å². The van der Waals surface area contributed by atoms with E-state index >= 15 is 0 Å². The van der Waals surface area contributed by atoms with Crippen LogP contribution in [0.25, 0.3) is 0 Å². The van der Waals surface area contributed by atoms with E-state index in [1.165, 1.54) is 20.8 Å². The van der Waals surface area contributed by atoms with Crippen molar-refractivity contribution in [2.75, 3.05) is 0 Å². The largest absolute Gasteiger partial charge is 0.736 e. The summed E-state index contributed by atoms with van der Waals surface area (Å²) in [6.45, 7) is 3.82. The van der Waals surface area contributed by atoms with Crippen LogP contribution in [0.2, 0.25) is 0 Å². The minimum absolute atomic E-state index is 1.27. The predicted molar refractivity (Wildman–Crippen MR) is 36.8 cm³/mol. The maximum Gasteiger partial charge on any atom is 0.289 e. The van der Waals surface area contributed by atoms with E-state index in [1.807, 2.05) is 0 Å². The molecule has 0 bridgehead atoms. The van der Waals surface area contributed by atoms with Gasteiger partial charge in [0, 0.05) is 5.41 Å². The number of hydrogen-bond acceptors (Lipinski definition) is 2. The van der Waals surface area contributed by atoms with Crippen molar-refractivity contribution in [3.63, 3.8) is 0 Å². The van der Waals surface area contributed by atoms with Gasteiger partial charge in [-0.05, 0) is 0 Å². The van der Waals surface area contributed by atoms with Gasteiger partial charge >= 0.3 is 0 Å². The normalized spacial score (nSPS) is 13.3. The first-order chi connectivity index (χ1) is 4.19. The fourth-order valence-corrected chi connectivity index (χ4v) is 0.612. The minimum Gasteiger partial charge on any atom is -0.736 e. The molecule has 0 heterocycles. The van der Waals surface area contributed by atoms with Crippen molar-refractivity contribution < 1.29 is 13.6 Å². The molecule has 0 fully saturated rings. The predicted octanol–water partition coefficient (Wildman–Crippen LogP) is 1.74. The van der Waals surface area contributed by atoms with Crippen LogP contribution in [0.5, 0.6) is 0 Å². The maximum absolute atomic E-state index is 12.6. The van der Waals surface area contributed by atoms with Crippen molar-refractivity contribution in [3.05, 3.63) is 0 Å². The number of carbonyl (C=O) groups is 1. The molecule has 0 amide bonds. The van der Waals surface area contributed by atoms with Crippen molar-refractivity contribution in [2.24, 2.45) is 5.41 Å². The lowest BCUT2D eigenvalue weighted by atomic mass is 9.89. The summed E-state index contributed by atoms with van der Waals surface area (Å²) in [5.74, 6) is -3.39. The molecule has 0 unspecified atom stereocenters. The van der Waals surface area contributed by atoms with Crippen LogP contribution in [0.3, 0.4) is 0 Å². The molecular weight excluding hydrogens is 158 g/mol. The Labute approximate surface area is 64.2 Å². The van der Waals surface area contributed by atoms with Crippen LogP contribution in [0.4, 0.5) is 8.78 Å². The Hall–Kier alpha value is -0.250. The smallest absolute Gasteiger partial charge is 0.289 e. The van der Waals surface area contributed by atoms with Gasteiger partial charge in [0.05, 0.1) is 5.12 Å². The first-order valence-electron chi connectivity index (χ1n) is 2.79. The lowest BCUT2D eigenvalue weighted by Crippen LogP contribution is -2.40. The SMILES string of the molecule is CC(C)(C)C(F)(F)C(=O)[S-]. The molecule has 1 nitrogen and oxygen atoms in total. The van der Waals surface area contributed by atoms with E-state index in [4.69, 9.17) is 0 Å². The molecular formula is C6H9F2OS-. The molecule has 60 valence electrons. The monoisotopic (exact) mass is 167 g/mol. The molecule has 0 aromatic rings. The number of alkyl halides is 2. The number of halogens is 2. The summed E-state index contributed by atoms with van der Waals surface area (Å²) in [6.07, 6.45) is 0. The zero-order valence-electron chi connectivity index (χ0n) is 6.07. The third-order valence-electron chi connectivity index (χ3n) is 1.20. The molecule has 0 saturated heterocycles. The van der Waals surface area contributed by atoms with Crippen LogP contribution in [-0.4, -0.2) is 11.0 Å². The third-order valence-corrected chi connectivity index (χ3v) is 1.45. The second-order valence-corrected chi connectivity index (χ2v) is 3.48. The highest BCUT2D eigenvalue weighted by atomic mass is 32.1. The summed E-state index contributed by atoms with van der Waals surface area (Å²) in [6, 6.07) is 0. The van der Waals surface area contributed by atoms with Gasteiger partial charge < -0.3 is 17.4 Å². The van der Waals surface area contributed by atoms with Crippen molar-refractivity contribution >= 4 is 17.7 Å². The molecule has 0 aromatic heterocycles. The van der Waals surface area contributed by atoms with Gasteiger partial charge in [-0.2, -0.15) is 8.78 Å². The van der Waals surface area contributed by atoms with Gasteiger partial charge in [-0.15, -0.1) is 0 Å². The number of hydrogen-bond donors (Lipinski definition) is 0. The average molecular weight is 167 g/mol. The summed E-state index contributed by atoms with van der Waals surface area (Å²) in [5.41, 5.74) is -1.37. The van der Waals surface area contributed by atoms with Crippen LogP contribution >= 0.6 is 0 Å². The van der Waals surface area contributed by atoms with E-state index in [0.29, 0.717) is 0 Å².